The minimum atomic E-state index is -1.11. The molecule has 0 spiro atoms. The molecule has 1 amide bonds. The summed E-state index contributed by atoms with van der Waals surface area (Å²) in [5.74, 6) is -1.46. The van der Waals surface area contributed by atoms with Crippen molar-refractivity contribution in [2.45, 2.75) is 135 Å². The van der Waals surface area contributed by atoms with E-state index in [9.17, 15) is 24.3 Å². The fourth-order valence-electron chi connectivity index (χ4n) is 4.06. The highest BCUT2D eigenvalue weighted by atomic mass is 16.5. The summed E-state index contributed by atoms with van der Waals surface area (Å²) < 4.78 is 10.4. The SMILES string of the molecule is CCCCCCCCCCCCCCCC(=O)N[C@@H](CCC(=O)CCCOCCOCC(C)=O)C(=O)O. The number of carbonyl (C=O) groups is 4. The van der Waals surface area contributed by atoms with Crippen molar-refractivity contribution in [3.8, 4) is 0 Å². The molecule has 8 heteroatoms. The number of carboxylic acids is 1. The number of amides is 1. The minimum absolute atomic E-state index is 0.0407. The quantitative estimate of drug-likeness (QED) is 0.124. The van der Waals surface area contributed by atoms with Gasteiger partial charge in [-0.3, -0.25) is 14.4 Å². The van der Waals surface area contributed by atoms with Crippen molar-refractivity contribution in [2.24, 2.45) is 0 Å². The molecule has 0 rings (SSSR count). The van der Waals surface area contributed by atoms with E-state index in [1.54, 1.807) is 0 Å². The van der Waals surface area contributed by atoms with Crippen LogP contribution >= 0.6 is 0 Å². The molecule has 37 heavy (non-hydrogen) atoms. The number of Topliss-reactive ketones (excluding diaryl/α,β-unsaturated/α-hetero) is 2. The van der Waals surface area contributed by atoms with E-state index in [4.69, 9.17) is 9.47 Å². The Morgan fingerprint density at radius 1 is 0.676 bits per heavy atom. The molecule has 0 aliphatic rings. The molecule has 0 saturated heterocycles. The van der Waals surface area contributed by atoms with Crippen molar-refractivity contribution in [1.82, 2.24) is 5.32 Å². The monoisotopic (exact) mass is 527 g/mol. The lowest BCUT2D eigenvalue weighted by molar-refractivity contribution is -0.142. The zero-order chi connectivity index (χ0) is 27.6. The molecule has 1 atom stereocenters. The molecule has 0 heterocycles. The van der Waals surface area contributed by atoms with E-state index in [1.165, 1.54) is 71.1 Å². The van der Waals surface area contributed by atoms with Crippen LogP contribution in [-0.2, 0) is 28.7 Å². The average Bonchev–Trinajstić information content (AvgIpc) is 2.85. The van der Waals surface area contributed by atoms with E-state index in [2.05, 4.69) is 12.2 Å². The highest BCUT2D eigenvalue weighted by Gasteiger charge is 2.20. The molecule has 2 N–H and O–H groups in total. The number of carboxylic acid groups (broad SMARTS) is 1. The number of carbonyl (C=O) groups excluding carboxylic acids is 3. The molecule has 216 valence electrons. The summed E-state index contributed by atoms with van der Waals surface area (Å²) >= 11 is 0. The molecule has 0 aromatic heterocycles. The van der Waals surface area contributed by atoms with Gasteiger partial charge in [0.15, 0.2) is 5.78 Å². The molecule has 0 radical (unpaired) electrons. The van der Waals surface area contributed by atoms with Crippen LogP contribution in [0.15, 0.2) is 0 Å². The molecule has 0 saturated carbocycles. The maximum absolute atomic E-state index is 12.2. The van der Waals surface area contributed by atoms with Crippen molar-refractivity contribution in [3.05, 3.63) is 0 Å². The van der Waals surface area contributed by atoms with Gasteiger partial charge in [-0.2, -0.15) is 0 Å². The van der Waals surface area contributed by atoms with Crippen molar-refractivity contribution in [1.29, 1.82) is 0 Å². The molecule has 0 unspecified atom stereocenters. The molecule has 8 nitrogen and oxygen atoms in total. The van der Waals surface area contributed by atoms with E-state index in [0.717, 1.165) is 19.3 Å². The number of hydrogen-bond acceptors (Lipinski definition) is 6. The van der Waals surface area contributed by atoms with Gasteiger partial charge in [0.1, 0.15) is 18.4 Å². The molecular formula is C29H53NO7. The van der Waals surface area contributed by atoms with Gasteiger partial charge in [-0.1, -0.05) is 84.0 Å². The largest absolute Gasteiger partial charge is 0.480 e. The number of ketones is 2. The zero-order valence-electron chi connectivity index (χ0n) is 23.5. The summed E-state index contributed by atoms with van der Waals surface area (Å²) in [5, 5.41) is 12.0. The summed E-state index contributed by atoms with van der Waals surface area (Å²) in [7, 11) is 0. The molecule has 0 fully saturated rings. The smallest absolute Gasteiger partial charge is 0.326 e. The van der Waals surface area contributed by atoms with Gasteiger partial charge in [0.2, 0.25) is 5.91 Å². The third kappa shape index (κ3) is 25.6. The predicted octanol–water partition coefficient (Wildman–Crippen LogP) is 5.79. The van der Waals surface area contributed by atoms with Crippen molar-refractivity contribution < 1.29 is 33.8 Å². The summed E-state index contributed by atoms with van der Waals surface area (Å²) in [6.07, 6.45) is 17.3. The summed E-state index contributed by atoms with van der Waals surface area (Å²) in [5.41, 5.74) is 0. The highest BCUT2D eigenvalue weighted by Crippen LogP contribution is 2.13. The number of ether oxygens (including phenoxy) is 2. The van der Waals surface area contributed by atoms with Gasteiger partial charge in [-0.25, -0.2) is 4.79 Å². The van der Waals surface area contributed by atoms with Crippen molar-refractivity contribution >= 4 is 23.4 Å². The summed E-state index contributed by atoms with van der Waals surface area (Å²) in [6.45, 7) is 4.84. The number of hydrogen-bond donors (Lipinski definition) is 2. The molecule has 0 bridgehead atoms. The second-order valence-corrected chi connectivity index (χ2v) is 10.00. The second kappa shape index (κ2) is 25.8. The lowest BCUT2D eigenvalue weighted by atomic mass is 10.0. The molecule has 0 aliphatic carbocycles. The fraction of sp³-hybridized carbons (Fsp3) is 0.862. The van der Waals surface area contributed by atoms with Gasteiger partial charge < -0.3 is 19.9 Å². The van der Waals surface area contributed by atoms with Crippen LogP contribution in [0.2, 0.25) is 0 Å². The third-order valence-corrected chi connectivity index (χ3v) is 6.27. The number of rotatable bonds is 28. The van der Waals surface area contributed by atoms with Gasteiger partial charge in [-0.15, -0.1) is 0 Å². The maximum atomic E-state index is 12.2. The summed E-state index contributed by atoms with van der Waals surface area (Å²) in [6, 6.07) is -1.03. The van der Waals surface area contributed by atoms with Crippen LogP contribution in [-0.4, -0.2) is 61.0 Å². The van der Waals surface area contributed by atoms with E-state index in [1.807, 2.05) is 0 Å². The van der Waals surface area contributed by atoms with Crippen LogP contribution in [0.25, 0.3) is 0 Å². The number of aliphatic carboxylic acids is 1. The fourth-order valence-corrected chi connectivity index (χ4v) is 4.06. The van der Waals surface area contributed by atoms with E-state index >= 15 is 0 Å². The third-order valence-electron chi connectivity index (χ3n) is 6.27. The standard InChI is InChI=1S/C29H53NO7/c1-3-4-5-6-7-8-9-10-11-12-13-14-15-18-28(33)30-27(29(34)35)20-19-26(32)17-16-21-36-22-23-37-24-25(2)31/h27H,3-24H2,1-2H3,(H,30,33)(H,34,35)/t27-/m0/s1. The Morgan fingerprint density at radius 3 is 1.76 bits per heavy atom. The van der Waals surface area contributed by atoms with Crippen LogP contribution < -0.4 is 5.32 Å². The zero-order valence-corrected chi connectivity index (χ0v) is 23.5. The van der Waals surface area contributed by atoms with Crippen LogP contribution in [0.4, 0.5) is 0 Å². The van der Waals surface area contributed by atoms with Crippen LogP contribution in [0, 0.1) is 0 Å². The normalized spacial score (nSPS) is 11.8. The Labute approximate surface area is 224 Å². The Balaban J connectivity index is 3.72. The average molecular weight is 528 g/mol. The van der Waals surface area contributed by atoms with Gasteiger partial charge in [-0.05, 0) is 26.2 Å². The summed E-state index contributed by atoms with van der Waals surface area (Å²) in [4.78, 5) is 46.4. The van der Waals surface area contributed by atoms with Gasteiger partial charge in [0.25, 0.3) is 0 Å². The topological polar surface area (TPSA) is 119 Å². The molecule has 0 aliphatic heterocycles. The van der Waals surface area contributed by atoms with Gasteiger partial charge >= 0.3 is 5.97 Å². The first kappa shape index (κ1) is 35.2. The van der Waals surface area contributed by atoms with Crippen molar-refractivity contribution in [2.75, 3.05) is 26.4 Å². The van der Waals surface area contributed by atoms with E-state index in [-0.39, 0.29) is 36.9 Å². The van der Waals surface area contributed by atoms with E-state index < -0.39 is 12.0 Å². The first-order valence-corrected chi connectivity index (χ1v) is 14.6. The lowest BCUT2D eigenvalue weighted by Crippen LogP contribution is -2.41. The Bertz CT molecular complexity index is 609. The minimum Gasteiger partial charge on any atom is -0.480 e. The van der Waals surface area contributed by atoms with Crippen LogP contribution in [0.1, 0.15) is 129 Å². The number of unbranched alkanes of at least 4 members (excludes halogenated alkanes) is 12. The Hall–Kier alpha value is -1.80. The Kier molecular flexibility index (Phi) is 24.6. The predicted molar refractivity (Wildman–Crippen MR) is 146 cm³/mol. The first-order chi connectivity index (χ1) is 17.9. The molecule has 0 aromatic rings. The van der Waals surface area contributed by atoms with Gasteiger partial charge in [0.05, 0.1) is 13.2 Å². The van der Waals surface area contributed by atoms with Crippen molar-refractivity contribution in [3.63, 3.8) is 0 Å². The lowest BCUT2D eigenvalue weighted by Gasteiger charge is -2.14. The first-order valence-electron chi connectivity index (χ1n) is 14.6. The Morgan fingerprint density at radius 2 is 1.22 bits per heavy atom. The van der Waals surface area contributed by atoms with Gasteiger partial charge in [0, 0.05) is 25.9 Å². The van der Waals surface area contributed by atoms with E-state index in [0.29, 0.717) is 39.1 Å². The number of nitrogens with one attached hydrogen (secondary N) is 1. The van der Waals surface area contributed by atoms with Crippen LogP contribution in [0.5, 0.6) is 0 Å². The maximum Gasteiger partial charge on any atom is 0.326 e. The highest BCUT2D eigenvalue weighted by molar-refractivity contribution is 5.84. The second-order valence-electron chi connectivity index (χ2n) is 10.00. The molecule has 0 aromatic carbocycles. The molecular weight excluding hydrogens is 474 g/mol. The van der Waals surface area contributed by atoms with Crippen LogP contribution in [0.3, 0.4) is 0 Å².